The molecule has 10 aromatic rings. The Morgan fingerprint density at radius 2 is 1.13 bits per heavy atom. The lowest BCUT2D eigenvalue weighted by molar-refractivity contribution is 1.01. The summed E-state index contributed by atoms with van der Waals surface area (Å²) in [5.41, 5.74) is 8.97. The van der Waals surface area contributed by atoms with Crippen LogP contribution in [-0.2, 0) is 0 Å². The highest BCUT2D eigenvalue weighted by molar-refractivity contribution is 6.22. The van der Waals surface area contributed by atoms with Crippen LogP contribution in [0, 0.1) is 0 Å². The Labute approximate surface area is 264 Å². The predicted octanol–water partition coefficient (Wildman–Crippen LogP) is 10.6. The molecule has 0 unspecified atom stereocenters. The van der Waals surface area contributed by atoms with Crippen molar-refractivity contribution in [2.45, 2.75) is 0 Å². The zero-order chi connectivity index (χ0) is 30.2. The molecule has 0 saturated carbocycles. The summed E-state index contributed by atoms with van der Waals surface area (Å²) in [4.78, 5) is 10.3. The Kier molecular flexibility index (Phi) is 5.25. The summed E-state index contributed by atoms with van der Waals surface area (Å²) in [5, 5.41) is 8.24. The fraction of sp³-hybridized carbons (Fsp3) is 0. The summed E-state index contributed by atoms with van der Waals surface area (Å²) in [7, 11) is 0. The van der Waals surface area contributed by atoms with Gasteiger partial charge in [-0.15, -0.1) is 0 Å². The Hall–Kier alpha value is -6.26. The number of benzene rings is 7. The molecule has 0 aliphatic heterocycles. The number of nitrogens with zero attached hydrogens (tertiary/aromatic N) is 4. The van der Waals surface area contributed by atoms with Gasteiger partial charge in [0.1, 0.15) is 0 Å². The van der Waals surface area contributed by atoms with E-state index in [2.05, 4.69) is 155 Å². The van der Waals surface area contributed by atoms with Crippen molar-refractivity contribution >= 4 is 65.3 Å². The second-order valence-corrected chi connectivity index (χ2v) is 11.9. The second-order valence-electron chi connectivity index (χ2n) is 11.9. The van der Waals surface area contributed by atoms with Crippen molar-refractivity contribution in [2.24, 2.45) is 0 Å². The highest BCUT2D eigenvalue weighted by atomic mass is 15.2. The minimum absolute atomic E-state index is 0.670. The van der Waals surface area contributed by atoms with Crippen LogP contribution < -0.4 is 0 Å². The van der Waals surface area contributed by atoms with Crippen LogP contribution in [0.15, 0.2) is 158 Å². The maximum Gasteiger partial charge on any atom is 0.235 e. The van der Waals surface area contributed by atoms with Gasteiger partial charge in [0.2, 0.25) is 5.95 Å². The highest BCUT2D eigenvalue weighted by Crippen LogP contribution is 2.40. The molecule has 4 nitrogen and oxygen atoms in total. The topological polar surface area (TPSA) is 35.6 Å². The molecule has 0 saturated heterocycles. The van der Waals surface area contributed by atoms with Gasteiger partial charge in [0.05, 0.1) is 27.6 Å². The van der Waals surface area contributed by atoms with Crippen molar-refractivity contribution in [3.05, 3.63) is 158 Å². The van der Waals surface area contributed by atoms with E-state index in [1.54, 1.807) is 0 Å². The maximum atomic E-state index is 5.21. The van der Waals surface area contributed by atoms with Gasteiger partial charge in [-0.2, -0.15) is 0 Å². The fourth-order valence-electron chi connectivity index (χ4n) is 7.33. The predicted molar refractivity (Wildman–Crippen MR) is 191 cm³/mol. The third kappa shape index (κ3) is 3.55. The molecule has 0 radical (unpaired) electrons. The van der Waals surface area contributed by atoms with E-state index in [1.807, 2.05) is 12.3 Å². The van der Waals surface area contributed by atoms with Crippen molar-refractivity contribution < 1.29 is 0 Å². The molecule has 0 atom stereocenters. The highest BCUT2D eigenvalue weighted by Gasteiger charge is 2.20. The number of aromatic nitrogens is 4. The van der Waals surface area contributed by atoms with Gasteiger partial charge in [0.15, 0.2) is 0 Å². The van der Waals surface area contributed by atoms with Crippen LogP contribution in [-0.4, -0.2) is 19.1 Å². The van der Waals surface area contributed by atoms with Gasteiger partial charge in [-0.25, -0.2) is 9.97 Å². The van der Waals surface area contributed by atoms with E-state index in [0.29, 0.717) is 5.95 Å². The third-order valence-electron chi connectivity index (χ3n) is 9.35. The summed E-state index contributed by atoms with van der Waals surface area (Å²) in [6, 6.07) is 53.9. The first kappa shape index (κ1) is 25.1. The van der Waals surface area contributed by atoms with Crippen LogP contribution in [0.4, 0.5) is 0 Å². The molecular formula is C42H26N4. The molecule has 0 fully saturated rings. The van der Waals surface area contributed by atoms with Gasteiger partial charge in [-0.1, -0.05) is 109 Å². The molecule has 4 heteroatoms. The average molecular weight is 587 g/mol. The minimum Gasteiger partial charge on any atom is -0.309 e. The number of hydrogen-bond donors (Lipinski definition) is 0. The quantitative estimate of drug-likeness (QED) is 0.206. The van der Waals surface area contributed by atoms with E-state index < -0.39 is 0 Å². The van der Waals surface area contributed by atoms with Crippen LogP contribution in [0.1, 0.15) is 0 Å². The number of hydrogen-bond acceptors (Lipinski definition) is 2. The smallest absolute Gasteiger partial charge is 0.235 e. The molecule has 0 amide bonds. The largest absolute Gasteiger partial charge is 0.309 e. The second kappa shape index (κ2) is 9.62. The van der Waals surface area contributed by atoms with Crippen LogP contribution in [0.3, 0.4) is 0 Å². The van der Waals surface area contributed by atoms with Crippen LogP contribution >= 0.6 is 0 Å². The Bertz CT molecular complexity index is 2790. The summed E-state index contributed by atoms with van der Waals surface area (Å²) < 4.78 is 4.63. The van der Waals surface area contributed by atoms with Crippen LogP contribution in [0.25, 0.3) is 88.0 Å². The van der Waals surface area contributed by atoms with E-state index in [1.165, 1.54) is 43.4 Å². The minimum atomic E-state index is 0.670. The van der Waals surface area contributed by atoms with E-state index in [-0.39, 0.29) is 0 Å². The molecule has 46 heavy (non-hydrogen) atoms. The molecule has 7 aromatic carbocycles. The fourth-order valence-corrected chi connectivity index (χ4v) is 7.33. The van der Waals surface area contributed by atoms with Crippen molar-refractivity contribution in [1.82, 2.24) is 19.1 Å². The standard InChI is InChI=1S/C42H26N4/c1-3-12-27(13-4-1)30-18-11-19-37-36(30)26-43-42(44-37)46-39-21-10-7-16-31(39)33-23-22-28-24-40-35(25-34(28)41(33)46)32-17-8-9-20-38(32)45(40)29-14-5-2-6-15-29/h1-26H. The van der Waals surface area contributed by atoms with Gasteiger partial charge >= 0.3 is 0 Å². The van der Waals surface area contributed by atoms with E-state index in [4.69, 9.17) is 9.97 Å². The number of rotatable bonds is 3. The van der Waals surface area contributed by atoms with Gasteiger partial charge < -0.3 is 4.57 Å². The molecule has 3 heterocycles. The molecule has 214 valence electrons. The molecule has 0 spiro atoms. The summed E-state index contributed by atoms with van der Waals surface area (Å²) in [6.45, 7) is 0. The van der Waals surface area contributed by atoms with Crippen molar-refractivity contribution in [3.8, 4) is 22.8 Å². The average Bonchev–Trinajstić information content (AvgIpc) is 3.64. The lowest BCUT2D eigenvalue weighted by atomic mass is 10.0. The molecule has 3 aromatic heterocycles. The van der Waals surface area contributed by atoms with Gasteiger partial charge in [0.25, 0.3) is 0 Å². The molecule has 0 bridgehead atoms. The Morgan fingerprint density at radius 3 is 1.93 bits per heavy atom. The summed E-state index contributed by atoms with van der Waals surface area (Å²) in [5.74, 6) is 0.670. The zero-order valence-corrected chi connectivity index (χ0v) is 24.8. The van der Waals surface area contributed by atoms with Crippen molar-refractivity contribution in [2.75, 3.05) is 0 Å². The first-order chi connectivity index (χ1) is 22.8. The zero-order valence-electron chi connectivity index (χ0n) is 24.8. The SMILES string of the molecule is c1ccc(-c2cccc3nc(-n4c5ccccc5c5ccc6cc7c(cc6c54)c4ccccc4n7-c4ccccc4)ncc23)cc1. The lowest BCUT2D eigenvalue weighted by Crippen LogP contribution is -2.02. The molecular weight excluding hydrogens is 560 g/mol. The Balaban J connectivity index is 1.30. The normalized spacial score (nSPS) is 11.9. The Morgan fingerprint density at radius 1 is 0.435 bits per heavy atom. The monoisotopic (exact) mass is 586 g/mol. The first-order valence-corrected chi connectivity index (χ1v) is 15.6. The third-order valence-corrected chi connectivity index (χ3v) is 9.35. The molecule has 0 aliphatic rings. The molecule has 0 N–H and O–H groups in total. The van der Waals surface area contributed by atoms with E-state index in [0.717, 1.165) is 38.8 Å². The molecule has 0 aliphatic carbocycles. The van der Waals surface area contributed by atoms with Crippen molar-refractivity contribution in [3.63, 3.8) is 0 Å². The summed E-state index contributed by atoms with van der Waals surface area (Å²) >= 11 is 0. The van der Waals surface area contributed by atoms with Gasteiger partial charge in [-0.3, -0.25) is 4.57 Å². The van der Waals surface area contributed by atoms with Gasteiger partial charge in [0, 0.05) is 44.2 Å². The lowest BCUT2D eigenvalue weighted by Gasteiger charge is -2.12. The van der Waals surface area contributed by atoms with E-state index in [9.17, 15) is 0 Å². The van der Waals surface area contributed by atoms with Crippen LogP contribution in [0.5, 0.6) is 0 Å². The van der Waals surface area contributed by atoms with Gasteiger partial charge in [-0.05, 0) is 59.0 Å². The maximum absolute atomic E-state index is 5.21. The number of para-hydroxylation sites is 3. The first-order valence-electron chi connectivity index (χ1n) is 15.6. The number of fused-ring (bicyclic) bond motifs is 9. The van der Waals surface area contributed by atoms with Crippen molar-refractivity contribution in [1.29, 1.82) is 0 Å². The van der Waals surface area contributed by atoms with E-state index >= 15 is 0 Å². The molecule has 10 rings (SSSR count). The van der Waals surface area contributed by atoms with Crippen LogP contribution in [0.2, 0.25) is 0 Å². The summed E-state index contributed by atoms with van der Waals surface area (Å²) in [6.07, 6.45) is 1.98.